The number of rotatable bonds is 36. The first-order chi connectivity index (χ1) is 39.7. The standard InChI is InChI=1S/C13H17NO5.C11H13NO5.C9H13NO4.C8H11NO4.C7H9NO3.C6H7NO3/c1-9(2)11(15)17-6-13(5,19-8-14)7-18-12(16)10(3)4;1-4-9(13)15-6-11(3,17-8-12)7-16-10(14)5-2;1-8(2)9(11)14-6-5-12-3-4-13-7-10;1-2-8(10)13-6-5-11-3-4-12-7-9;1-6(2)7(9)11-4-3-10-5-8;1-2-6(8)10-4-3-9-5-7/h1,3,6-7H2,2,4-5H3;4-5H,1-2,6-7H2,3H3;1,3-6H2,2H3;2H,1,3-6H2;1,3-4H2,2H3;2H,1,3-4H2. The molecule has 0 aliphatic carbocycles. The average molecular weight is 1190 g/mol. The zero-order chi connectivity index (χ0) is 65.6. The van der Waals surface area contributed by atoms with Crippen molar-refractivity contribution in [3.63, 3.8) is 0 Å². The van der Waals surface area contributed by atoms with Crippen LogP contribution in [0.25, 0.3) is 0 Å². The molecule has 0 saturated carbocycles. The minimum Gasteiger partial charge on any atom is -0.460 e. The highest BCUT2D eigenvalue weighted by Gasteiger charge is 2.32. The first kappa shape index (κ1) is 84.6. The number of nitrogens with zero attached hydrogens (tertiary/aromatic N) is 6. The topological polar surface area (TPSA) is 427 Å². The number of nitriles is 6. The molecular formula is C54H70N6O24. The Balaban J connectivity index is -0.000000220. The van der Waals surface area contributed by atoms with Gasteiger partial charge in [-0.2, -0.15) is 31.6 Å². The van der Waals surface area contributed by atoms with Gasteiger partial charge in [0.05, 0.1) is 26.4 Å². The lowest BCUT2D eigenvalue weighted by Crippen LogP contribution is -2.40. The van der Waals surface area contributed by atoms with Crippen LogP contribution in [0.15, 0.2) is 99.2 Å². The predicted molar refractivity (Wildman–Crippen MR) is 286 cm³/mol. The molecule has 0 aliphatic heterocycles. The maximum absolute atomic E-state index is 11.3. The van der Waals surface area contributed by atoms with E-state index in [0.717, 1.165) is 24.3 Å². The van der Waals surface area contributed by atoms with Crippen molar-refractivity contribution in [2.75, 3.05) is 106 Å². The SMILES string of the molecule is C=C(C)C(=O)OCC(C)(COC(=O)C(=C)C)OC#N.C=C(C)C(=O)OCCOC#N.C=C(C)C(=O)OCCOCCOC#N.C=CC(=O)OCC(C)(COC(=O)C=C)OC#N.C=CC(=O)OCCOC#N.C=CC(=O)OCCOCCOC#N. The van der Waals surface area contributed by atoms with Crippen molar-refractivity contribution < 1.29 is 114 Å². The molecule has 0 amide bonds. The van der Waals surface area contributed by atoms with E-state index in [1.165, 1.54) is 65.2 Å². The summed E-state index contributed by atoms with van der Waals surface area (Å²) in [7, 11) is 0. The lowest BCUT2D eigenvalue weighted by molar-refractivity contribution is -0.156. The Hall–Kier alpha value is -10.7. The predicted octanol–water partition coefficient (Wildman–Crippen LogP) is 3.85. The zero-order valence-corrected chi connectivity index (χ0v) is 47.8. The number of hydrogen-bond donors (Lipinski definition) is 0. The highest BCUT2D eigenvalue weighted by atomic mass is 16.6. The second-order valence-corrected chi connectivity index (χ2v) is 15.2. The third-order valence-corrected chi connectivity index (χ3v) is 7.40. The molecule has 0 aliphatic rings. The molecule has 0 aromatic heterocycles. The van der Waals surface area contributed by atoms with Gasteiger partial charge in [0.2, 0.25) is 0 Å². The molecule has 0 unspecified atom stereocenters. The van der Waals surface area contributed by atoms with Gasteiger partial charge >= 0.3 is 47.8 Å². The van der Waals surface area contributed by atoms with Crippen LogP contribution in [0.5, 0.6) is 0 Å². The normalized spacial score (nSPS) is 8.95. The summed E-state index contributed by atoms with van der Waals surface area (Å²) in [5, 5.41) is 48.7. The van der Waals surface area contributed by atoms with Crippen LogP contribution in [0.2, 0.25) is 0 Å². The smallest absolute Gasteiger partial charge is 0.333 e. The highest BCUT2D eigenvalue weighted by molar-refractivity contribution is 5.88. The number of ether oxygens (including phenoxy) is 16. The van der Waals surface area contributed by atoms with Gasteiger partial charge in [0.15, 0.2) is 11.2 Å². The zero-order valence-electron chi connectivity index (χ0n) is 47.8. The van der Waals surface area contributed by atoms with E-state index in [0.29, 0.717) is 24.4 Å². The van der Waals surface area contributed by atoms with Gasteiger partial charge < -0.3 is 75.8 Å². The number of hydrogen-bond acceptors (Lipinski definition) is 30. The van der Waals surface area contributed by atoms with Crippen molar-refractivity contribution in [1.29, 1.82) is 31.6 Å². The third kappa shape index (κ3) is 62.2. The van der Waals surface area contributed by atoms with E-state index in [-0.39, 0.29) is 104 Å². The molecule has 0 N–H and O–H groups in total. The van der Waals surface area contributed by atoms with Gasteiger partial charge in [0.1, 0.15) is 79.3 Å². The molecule has 0 spiro atoms. The molecule has 30 nitrogen and oxygen atoms in total. The van der Waals surface area contributed by atoms with Crippen molar-refractivity contribution in [3.05, 3.63) is 99.2 Å². The van der Waals surface area contributed by atoms with Crippen molar-refractivity contribution in [3.8, 4) is 37.5 Å². The van der Waals surface area contributed by atoms with Crippen LogP contribution < -0.4 is 0 Å². The van der Waals surface area contributed by atoms with Gasteiger partial charge in [-0.15, -0.1) is 0 Å². The second kappa shape index (κ2) is 58.5. The van der Waals surface area contributed by atoms with E-state index in [9.17, 15) is 38.4 Å². The van der Waals surface area contributed by atoms with Crippen LogP contribution in [0.1, 0.15) is 41.5 Å². The van der Waals surface area contributed by atoms with Crippen LogP contribution >= 0.6 is 0 Å². The first-order valence-electron chi connectivity index (χ1n) is 23.5. The minimum atomic E-state index is -1.25. The summed E-state index contributed by atoms with van der Waals surface area (Å²) in [6, 6.07) is 0. The van der Waals surface area contributed by atoms with E-state index in [1.54, 1.807) is 13.8 Å². The van der Waals surface area contributed by atoms with Gasteiger partial charge in [-0.25, -0.2) is 38.4 Å². The van der Waals surface area contributed by atoms with Crippen LogP contribution in [0, 0.1) is 69.1 Å². The fourth-order valence-corrected chi connectivity index (χ4v) is 3.38. The Kier molecular flexibility index (Phi) is 58.9. The molecule has 0 fully saturated rings. The Morgan fingerprint density at radius 3 is 0.810 bits per heavy atom. The van der Waals surface area contributed by atoms with Gasteiger partial charge in [-0.1, -0.05) is 52.6 Å². The summed E-state index contributed by atoms with van der Waals surface area (Å²) < 4.78 is 74.2. The summed E-state index contributed by atoms with van der Waals surface area (Å²) in [4.78, 5) is 86.5. The van der Waals surface area contributed by atoms with Crippen molar-refractivity contribution in [2.45, 2.75) is 52.7 Å². The van der Waals surface area contributed by atoms with Crippen LogP contribution in [-0.4, -0.2) is 165 Å². The van der Waals surface area contributed by atoms with Crippen LogP contribution in [0.3, 0.4) is 0 Å². The lowest BCUT2D eigenvalue weighted by Gasteiger charge is -2.25. The van der Waals surface area contributed by atoms with E-state index < -0.39 is 59.0 Å². The van der Waals surface area contributed by atoms with E-state index in [4.69, 9.17) is 74.2 Å². The van der Waals surface area contributed by atoms with Gasteiger partial charge in [0, 0.05) is 46.6 Å². The first-order valence-corrected chi connectivity index (χ1v) is 23.5. The maximum atomic E-state index is 11.3. The van der Waals surface area contributed by atoms with Crippen molar-refractivity contribution in [2.24, 2.45) is 0 Å². The second-order valence-electron chi connectivity index (χ2n) is 15.2. The summed E-state index contributed by atoms with van der Waals surface area (Å²) in [5.74, 6) is -4.43. The third-order valence-electron chi connectivity index (χ3n) is 7.40. The average Bonchev–Trinajstić information content (AvgIpc) is 3.47. The lowest BCUT2D eigenvalue weighted by atomic mass is 10.1. The van der Waals surface area contributed by atoms with Gasteiger partial charge in [-0.3, -0.25) is 0 Å². The minimum absolute atomic E-state index is 0.0818. The Labute approximate surface area is 487 Å². The Morgan fingerprint density at radius 2 is 0.548 bits per heavy atom. The van der Waals surface area contributed by atoms with Crippen LogP contribution in [0.4, 0.5) is 0 Å². The molecule has 0 bridgehead atoms. The molecule has 30 heteroatoms. The van der Waals surface area contributed by atoms with Crippen molar-refractivity contribution in [1.82, 2.24) is 0 Å². The molecule has 84 heavy (non-hydrogen) atoms. The van der Waals surface area contributed by atoms with Crippen molar-refractivity contribution >= 4 is 47.8 Å². The summed E-state index contributed by atoms with van der Waals surface area (Å²) in [5.41, 5.74) is -1.34. The number of esters is 8. The Morgan fingerprint density at radius 1 is 0.333 bits per heavy atom. The molecule has 0 radical (unpaired) electrons. The fraction of sp³-hybridized carbons (Fsp3) is 0.444. The quantitative estimate of drug-likeness (QED) is 0.0282. The highest BCUT2D eigenvalue weighted by Crippen LogP contribution is 2.14. The molecule has 0 atom stereocenters. The molecule has 0 aromatic carbocycles. The van der Waals surface area contributed by atoms with Crippen LogP contribution in [-0.2, 0) is 114 Å². The van der Waals surface area contributed by atoms with Gasteiger partial charge in [-0.05, 0) is 41.5 Å². The van der Waals surface area contributed by atoms with E-state index in [1.807, 2.05) is 0 Å². The largest absolute Gasteiger partial charge is 0.460 e. The van der Waals surface area contributed by atoms with Gasteiger partial charge in [0.25, 0.3) is 37.5 Å². The molecule has 0 rings (SSSR count). The molecule has 460 valence electrons. The molecule has 0 heterocycles. The fourth-order valence-electron chi connectivity index (χ4n) is 3.38. The van der Waals surface area contributed by atoms with E-state index >= 15 is 0 Å². The summed E-state index contributed by atoms with van der Waals surface area (Å²) in [6.45, 7) is 36.9. The summed E-state index contributed by atoms with van der Waals surface area (Å²) in [6.07, 6.45) is 12.9. The maximum Gasteiger partial charge on any atom is 0.333 e. The molecular weight excluding hydrogens is 1120 g/mol. The summed E-state index contributed by atoms with van der Waals surface area (Å²) >= 11 is 0. The monoisotopic (exact) mass is 1190 g/mol. The molecule has 0 aromatic rings. The molecule has 0 saturated heterocycles. The van der Waals surface area contributed by atoms with E-state index in [2.05, 4.69) is 85.8 Å². The number of carbonyl (C=O) groups excluding carboxylic acids is 8. The number of carbonyl (C=O) groups is 8. The Bertz CT molecular complexity index is 2340.